The summed E-state index contributed by atoms with van der Waals surface area (Å²) in [7, 11) is 1.33. The van der Waals surface area contributed by atoms with Gasteiger partial charge in [0.1, 0.15) is 10.6 Å². The van der Waals surface area contributed by atoms with Gasteiger partial charge in [-0.15, -0.1) is 11.3 Å². The van der Waals surface area contributed by atoms with Gasteiger partial charge >= 0.3 is 12.1 Å². The fourth-order valence-electron chi connectivity index (χ4n) is 2.33. The minimum absolute atomic E-state index is 0.351. The number of thiophene rings is 1. The molecular formula is C19H23NO4S. The van der Waals surface area contributed by atoms with Crippen LogP contribution in [0.5, 0.6) is 0 Å². The van der Waals surface area contributed by atoms with E-state index < -0.39 is 12.1 Å². The lowest BCUT2D eigenvalue weighted by atomic mass is 10.0. The highest BCUT2D eigenvalue weighted by Gasteiger charge is 2.22. The van der Waals surface area contributed by atoms with Gasteiger partial charge in [0.05, 0.1) is 13.7 Å². The van der Waals surface area contributed by atoms with Gasteiger partial charge in [0, 0.05) is 10.9 Å². The summed E-state index contributed by atoms with van der Waals surface area (Å²) in [6.45, 7) is 4.46. The molecule has 0 spiro atoms. The Morgan fingerprint density at radius 2 is 1.88 bits per heavy atom. The van der Waals surface area contributed by atoms with Crippen LogP contribution in [0.4, 0.5) is 9.80 Å². The van der Waals surface area contributed by atoms with Crippen molar-refractivity contribution in [2.24, 2.45) is 0 Å². The van der Waals surface area contributed by atoms with Crippen LogP contribution >= 0.6 is 11.3 Å². The normalized spacial score (nSPS) is 10.4. The average molecular weight is 361 g/mol. The van der Waals surface area contributed by atoms with Crippen molar-refractivity contribution >= 4 is 28.4 Å². The van der Waals surface area contributed by atoms with Crippen molar-refractivity contribution in [2.75, 3.05) is 19.0 Å². The minimum Gasteiger partial charge on any atom is -0.465 e. The zero-order valence-corrected chi connectivity index (χ0v) is 15.6. The number of carbonyl (C=O) groups excluding carboxylic acids is 2. The lowest BCUT2D eigenvalue weighted by Crippen LogP contribution is -2.16. The zero-order chi connectivity index (χ0) is 18.2. The molecule has 1 heterocycles. The second kappa shape index (κ2) is 9.22. The minimum atomic E-state index is -0.562. The molecular weight excluding hydrogens is 338 g/mol. The summed E-state index contributed by atoms with van der Waals surface area (Å²) in [5.74, 6) is -0.486. The van der Waals surface area contributed by atoms with E-state index in [-0.39, 0.29) is 0 Å². The van der Waals surface area contributed by atoms with Crippen molar-refractivity contribution in [3.8, 4) is 11.1 Å². The number of nitrogens with one attached hydrogen (secondary N) is 1. The lowest BCUT2D eigenvalue weighted by Gasteiger charge is -2.08. The molecule has 0 saturated heterocycles. The van der Waals surface area contributed by atoms with E-state index >= 15 is 0 Å². The number of ether oxygens (including phenoxy) is 2. The third-order valence-corrected chi connectivity index (χ3v) is 4.70. The summed E-state index contributed by atoms with van der Waals surface area (Å²) in [6.07, 6.45) is 2.13. The highest BCUT2D eigenvalue weighted by Crippen LogP contribution is 2.36. The van der Waals surface area contributed by atoms with E-state index in [1.54, 1.807) is 0 Å². The number of benzene rings is 1. The molecule has 0 bridgehead atoms. The van der Waals surface area contributed by atoms with Crippen molar-refractivity contribution in [3.05, 3.63) is 40.8 Å². The number of aryl methyl sites for hydroxylation is 1. The van der Waals surface area contributed by atoms with Crippen molar-refractivity contribution in [1.82, 2.24) is 0 Å². The number of anilines is 1. The maximum atomic E-state index is 12.2. The van der Waals surface area contributed by atoms with Crippen molar-refractivity contribution in [2.45, 2.75) is 33.1 Å². The van der Waals surface area contributed by atoms with E-state index in [4.69, 9.17) is 9.47 Å². The van der Waals surface area contributed by atoms with Gasteiger partial charge in [-0.3, -0.25) is 5.32 Å². The molecule has 0 unspecified atom stereocenters. The van der Waals surface area contributed by atoms with Gasteiger partial charge in [-0.05, 0) is 24.0 Å². The number of esters is 1. The summed E-state index contributed by atoms with van der Waals surface area (Å²) in [5.41, 5.74) is 3.21. The first-order chi connectivity index (χ1) is 12.1. The number of hydrogen-bond acceptors (Lipinski definition) is 5. The third-order valence-electron chi connectivity index (χ3n) is 3.80. The van der Waals surface area contributed by atoms with E-state index in [9.17, 15) is 9.59 Å². The fourth-order valence-corrected chi connectivity index (χ4v) is 3.27. The smallest absolute Gasteiger partial charge is 0.412 e. The standard InChI is InChI=1S/C19H23NO4S/c1-4-6-11-24-19(22)20-17-16(18(21)23-3)15(12-25-17)14-9-7-13(5-2)8-10-14/h7-10,12H,4-6,11H2,1-3H3,(H,20,22). The monoisotopic (exact) mass is 361 g/mol. The Morgan fingerprint density at radius 3 is 2.48 bits per heavy atom. The lowest BCUT2D eigenvalue weighted by molar-refractivity contribution is 0.0603. The molecule has 0 saturated carbocycles. The van der Waals surface area contributed by atoms with Gasteiger partial charge in [-0.2, -0.15) is 0 Å². The number of amides is 1. The molecule has 25 heavy (non-hydrogen) atoms. The van der Waals surface area contributed by atoms with Crippen LogP contribution in [0.2, 0.25) is 0 Å². The Morgan fingerprint density at radius 1 is 1.16 bits per heavy atom. The van der Waals surface area contributed by atoms with E-state index in [0.29, 0.717) is 17.2 Å². The number of rotatable bonds is 7. The van der Waals surface area contributed by atoms with E-state index in [1.807, 2.05) is 36.6 Å². The summed E-state index contributed by atoms with van der Waals surface area (Å²) in [6, 6.07) is 7.99. The average Bonchev–Trinajstić information content (AvgIpc) is 3.04. The fraction of sp³-hybridized carbons (Fsp3) is 0.368. The molecule has 0 atom stereocenters. The molecule has 0 aliphatic heterocycles. The van der Waals surface area contributed by atoms with E-state index in [1.165, 1.54) is 24.0 Å². The molecule has 0 aliphatic rings. The quantitative estimate of drug-likeness (QED) is 0.549. The Kier molecular flexibility index (Phi) is 7.01. The predicted molar refractivity (Wildman–Crippen MR) is 100 cm³/mol. The Bertz CT molecular complexity index is 722. The van der Waals surface area contributed by atoms with Crippen LogP contribution in [0.15, 0.2) is 29.6 Å². The molecule has 1 aromatic carbocycles. The van der Waals surface area contributed by atoms with Crippen molar-refractivity contribution < 1.29 is 19.1 Å². The van der Waals surface area contributed by atoms with Gasteiger partial charge in [-0.1, -0.05) is 44.5 Å². The Balaban J connectivity index is 2.27. The highest BCUT2D eigenvalue weighted by molar-refractivity contribution is 7.15. The topological polar surface area (TPSA) is 64.6 Å². The molecule has 2 aromatic rings. The van der Waals surface area contributed by atoms with Gasteiger partial charge in [-0.25, -0.2) is 9.59 Å². The first-order valence-electron chi connectivity index (χ1n) is 8.33. The number of unbranched alkanes of at least 4 members (excludes halogenated alkanes) is 1. The number of hydrogen-bond donors (Lipinski definition) is 1. The van der Waals surface area contributed by atoms with Gasteiger partial charge in [0.2, 0.25) is 0 Å². The van der Waals surface area contributed by atoms with Gasteiger partial charge in [0.15, 0.2) is 0 Å². The molecule has 0 fully saturated rings. The van der Waals surface area contributed by atoms with E-state index in [2.05, 4.69) is 12.2 Å². The SMILES string of the molecule is CCCCOC(=O)Nc1scc(-c2ccc(CC)cc2)c1C(=O)OC. The third kappa shape index (κ3) is 4.82. The molecule has 5 nitrogen and oxygen atoms in total. The first kappa shape index (κ1) is 19.0. The molecule has 0 aliphatic carbocycles. The second-order valence-electron chi connectivity index (χ2n) is 5.51. The maximum Gasteiger partial charge on any atom is 0.412 e. The van der Waals surface area contributed by atoms with Crippen LogP contribution in [0.25, 0.3) is 11.1 Å². The van der Waals surface area contributed by atoms with Gasteiger partial charge in [0.25, 0.3) is 0 Å². The molecule has 1 aromatic heterocycles. The molecule has 1 N–H and O–H groups in total. The van der Waals surface area contributed by atoms with Crippen LogP contribution in [-0.4, -0.2) is 25.8 Å². The highest BCUT2D eigenvalue weighted by atomic mass is 32.1. The van der Waals surface area contributed by atoms with Crippen molar-refractivity contribution in [3.63, 3.8) is 0 Å². The summed E-state index contributed by atoms with van der Waals surface area (Å²) in [5, 5.41) is 4.93. The van der Waals surface area contributed by atoms with Gasteiger partial charge < -0.3 is 9.47 Å². The molecule has 0 radical (unpaired) electrons. The number of methoxy groups -OCH3 is 1. The van der Waals surface area contributed by atoms with Crippen molar-refractivity contribution in [1.29, 1.82) is 0 Å². The largest absolute Gasteiger partial charge is 0.465 e. The summed E-state index contributed by atoms with van der Waals surface area (Å²) >= 11 is 1.28. The molecule has 1 amide bonds. The summed E-state index contributed by atoms with van der Waals surface area (Å²) in [4.78, 5) is 24.1. The van der Waals surface area contributed by atoms with Crippen LogP contribution < -0.4 is 5.32 Å². The second-order valence-corrected chi connectivity index (χ2v) is 6.39. The maximum absolute atomic E-state index is 12.2. The zero-order valence-electron chi connectivity index (χ0n) is 14.8. The first-order valence-corrected chi connectivity index (χ1v) is 9.21. The molecule has 134 valence electrons. The number of carbonyl (C=O) groups is 2. The van der Waals surface area contributed by atoms with Crippen LogP contribution in [0.1, 0.15) is 42.6 Å². The van der Waals surface area contributed by atoms with E-state index in [0.717, 1.165) is 30.4 Å². The Labute approximate surface area is 152 Å². The Hall–Kier alpha value is -2.34. The predicted octanol–water partition coefficient (Wildman–Crippen LogP) is 5.11. The van der Waals surface area contributed by atoms with Crippen LogP contribution in [0, 0.1) is 0 Å². The molecule has 2 rings (SSSR count). The summed E-state index contributed by atoms with van der Waals surface area (Å²) < 4.78 is 10.0. The van der Waals surface area contributed by atoms with Crippen LogP contribution in [-0.2, 0) is 15.9 Å². The molecule has 6 heteroatoms. The van der Waals surface area contributed by atoms with Crippen LogP contribution in [0.3, 0.4) is 0 Å².